The van der Waals surface area contributed by atoms with E-state index in [1.807, 2.05) is 16.9 Å². The molecule has 1 saturated carbocycles. The number of aromatic nitrogens is 3. The average Bonchev–Trinajstić information content (AvgIpc) is 3.38. The molecule has 2 heterocycles. The number of thiazole rings is 1. The molecule has 0 aliphatic heterocycles. The number of aryl methyl sites for hydroxylation is 1. The summed E-state index contributed by atoms with van der Waals surface area (Å²) >= 11 is 1.46. The highest BCUT2D eigenvalue weighted by atomic mass is 32.1. The van der Waals surface area contributed by atoms with Gasteiger partial charge in [-0.1, -0.05) is 12.8 Å². The average molecular weight is 384 g/mol. The Balaban J connectivity index is 1.54. The lowest BCUT2D eigenvalue weighted by Crippen LogP contribution is -2.17. The van der Waals surface area contributed by atoms with Crippen LogP contribution in [0.3, 0.4) is 0 Å². The molecule has 1 aliphatic rings. The minimum atomic E-state index is -0.271. The molecule has 0 atom stereocenters. The molecular weight excluding hydrogens is 363 g/mol. The number of carbonyl (C=O) groups is 1. The van der Waals surface area contributed by atoms with Gasteiger partial charge in [0.25, 0.3) is 0 Å². The maximum Gasteiger partial charge on any atom is 0.225 e. The number of hydrogen-bond acceptors (Lipinski definition) is 4. The van der Waals surface area contributed by atoms with E-state index in [1.165, 1.54) is 36.3 Å². The van der Waals surface area contributed by atoms with Crippen LogP contribution >= 0.6 is 11.3 Å². The number of nitrogens with one attached hydrogen (secondary N) is 1. The fraction of sp³-hybridized carbons (Fsp3) is 0.350. The zero-order valence-electron chi connectivity index (χ0n) is 15.1. The lowest BCUT2D eigenvalue weighted by Gasteiger charge is -2.11. The van der Waals surface area contributed by atoms with Gasteiger partial charge in [-0.25, -0.2) is 14.4 Å². The minimum absolute atomic E-state index is 0.0263. The molecule has 1 aromatic carbocycles. The molecule has 1 fully saturated rings. The zero-order chi connectivity index (χ0) is 18.8. The Morgan fingerprint density at radius 2 is 2.04 bits per heavy atom. The van der Waals surface area contributed by atoms with Crippen LogP contribution in [0.5, 0.6) is 0 Å². The predicted molar refractivity (Wildman–Crippen MR) is 105 cm³/mol. The van der Waals surface area contributed by atoms with Gasteiger partial charge in [0, 0.05) is 17.4 Å². The van der Waals surface area contributed by atoms with Crippen LogP contribution < -0.4 is 5.32 Å². The van der Waals surface area contributed by atoms with Crippen molar-refractivity contribution in [2.45, 2.75) is 39.0 Å². The molecule has 5 nitrogen and oxygen atoms in total. The smallest absolute Gasteiger partial charge is 0.225 e. The third kappa shape index (κ3) is 3.93. The van der Waals surface area contributed by atoms with Gasteiger partial charge in [0.15, 0.2) is 5.13 Å². The van der Waals surface area contributed by atoms with Crippen LogP contribution in [-0.4, -0.2) is 20.4 Å². The van der Waals surface area contributed by atoms with Crippen LogP contribution in [0.25, 0.3) is 16.4 Å². The maximum atomic E-state index is 13.1. The van der Waals surface area contributed by atoms with Crippen LogP contribution in [0.2, 0.25) is 0 Å². The fourth-order valence-corrected chi connectivity index (χ4v) is 4.46. The summed E-state index contributed by atoms with van der Waals surface area (Å²) in [6.45, 7) is 1.88. The zero-order valence-corrected chi connectivity index (χ0v) is 15.9. The number of amides is 1. The molecule has 0 unspecified atom stereocenters. The Bertz CT molecular complexity index is 941. The highest BCUT2D eigenvalue weighted by molar-refractivity contribution is 7.12. The molecule has 0 spiro atoms. The molecule has 0 saturated heterocycles. The van der Waals surface area contributed by atoms with Crippen molar-refractivity contribution < 1.29 is 9.18 Å². The van der Waals surface area contributed by atoms with Crippen LogP contribution in [0.15, 0.2) is 35.8 Å². The number of nitrogens with zero attached hydrogens (tertiary/aromatic N) is 3. The molecule has 1 N–H and O–H groups in total. The van der Waals surface area contributed by atoms with Gasteiger partial charge in [-0.05, 0) is 49.9 Å². The number of imidazole rings is 1. The summed E-state index contributed by atoms with van der Waals surface area (Å²) < 4.78 is 15.0. The van der Waals surface area contributed by atoms with Gasteiger partial charge in [-0.3, -0.25) is 9.36 Å². The van der Waals surface area contributed by atoms with E-state index in [9.17, 15) is 9.18 Å². The van der Waals surface area contributed by atoms with Gasteiger partial charge in [0.1, 0.15) is 17.5 Å². The highest BCUT2D eigenvalue weighted by Crippen LogP contribution is 2.29. The molecule has 1 amide bonds. The SMILES string of the molecule is Cc1ncc(NC(=O)CC2CCCC2)n1-c1nc(-c2ccc(F)cc2)cs1. The summed E-state index contributed by atoms with van der Waals surface area (Å²) in [4.78, 5) is 21.4. The summed E-state index contributed by atoms with van der Waals surface area (Å²) in [6.07, 6.45) is 6.95. The van der Waals surface area contributed by atoms with Crippen molar-refractivity contribution in [2.75, 3.05) is 5.32 Å². The molecule has 4 rings (SSSR count). The van der Waals surface area contributed by atoms with E-state index in [-0.39, 0.29) is 11.7 Å². The second-order valence-corrected chi connectivity index (χ2v) is 7.79. The second kappa shape index (κ2) is 7.60. The third-order valence-electron chi connectivity index (χ3n) is 4.98. The van der Waals surface area contributed by atoms with E-state index in [1.54, 1.807) is 18.3 Å². The monoisotopic (exact) mass is 384 g/mol. The first-order valence-electron chi connectivity index (χ1n) is 9.16. The Morgan fingerprint density at radius 1 is 1.30 bits per heavy atom. The molecule has 3 aromatic rings. The minimum Gasteiger partial charge on any atom is -0.310 e. The topological polar surface area (TPSA) is 59.8 Å². The molecule has 0 radical (unpaired) electrons. The Hall–Kier alpha value is -2.54. The number of hydrogen-bond donors (Lipinski definition) is 1. The van der Waals surface area contributed by atoms with Crippen LogP contribution in [0.4, 0.5) is 10.2 Å². The van der Waals surface area contributed by atoms with E-state index >= 15 is 0 Å². The largest absolute Gasteiger partial charge is 0.310 e. The molecule has 140 valence electrons. The molecular formula is C20H21FN4OS. The van der Waals surface area contributed by atoms with Crippen molar-refractivity contribution >= 4 is 23.1 Å². The maximum absolute atomic E-state index is 13.1. The van der Waals surface area contributed by atoms with Crippen molar-refractivity contribution in [3.63, 3.8) is 0 Å². The summed E-state index contributed by atoms with van der Waals surface area (Å²) in [5.41, 5.74) is 1.62. The van der Waals surface area contributed by atoms with Crippen LogP contribution in [0, 0.1) is 18.7 Å². The Kier molecular flexibility index (Phi) is 5.03. The quantitative estimate of drug-likeness (QED) is 0.676. The fourth-order valence-electron chi connectivity index (χ4n) is 3.56. The number of benzene rings is 1. The lowest BCUT2D eigenvalue weighted by molar-refractivity contribution is -0.117. The molecule has 0 bridgehead atoms. The second-order valence-electron chi connectivity index (χ2n) is 6.95. The van der Waals surface area contributed by atoms with Gasteiger partial charge < -0.3 is 5.32 Å². The molecule has 2 aromatic heterocycles. The van der Waals surface area contributed by atoms with Gasteiger partial charge in [0.2, 0.25) is 5.91 Å². The first-order chi connectivity index (χ1) is 13.1. The number of carbonyl (C=O) groups excluding carboxylic acids is 1. The van der Waals surface area contributed by atoms with Gasteiger partial charge in [-0.15, -0.1) is 11.3 Å². The van der Waals surface area contributed by atoms with E-state index in [4.69, 9.17) is 0 Å². The van der Waals surface area contributed by atoms with Crippen molar-refractivity contribution in [1.82, 2.24) is 14.5 Å². The Labute approximate surface area is 161 Å². The van der Waals surface area contributed by atoms with E-state index in [0.717, 1.165) is 35.1 Å². The van der Waals surface area contributed by atoms with Crippen molar-refractivity contribution in [2.24, 2.45) is 5.92 Å². The number of anilines is 1. The molecule has 27 heavy (non-hydrogen) atoms. The van der Waals surface area contributed by atoms with Crippen molar-refractivity contribution in [1.29, 1.82) is 0 Å². The lowest BCUT2D eigenvalue weighted by atomic mass is 10.0. The summed E-state index contributed by atoms with van der Waals surface area (Å²) in [5, 5.41) is 5.64. The normalized spacial score (nSPS) is 14.6. The summed E-state index contributed by atoms with van der Waals surface area (Å²) in [5.74, 6) is 1.64. The number of halogens is 1. The van der Waals surface area contributed by atoms with E-state index < -0.39 is 0 Å². The van der Waals surface area contributed by atoms with Crippen LogP contribution in [0.1, 0.15) is 37.9 Å². The number of rotatable bonds is 5. The standard InChI is InChI=1S/C20H21FN4OS/c1-13-22-11-18(24-19(26)10-14-4-2-3-5-14)25(13)20-23-17(12-27-20)15-6-8-16(21)9-7-15/h6-9,11-12,14H,2-5,10H2,1H3,(H,24,26). The Morgan fingerprint density at radius 3 is 2.78 bits per heavy atom. The van der Waals surface area contributed by atoms with Crippen molar-refractivity contribution in [3.05, 3.63) is 47.5 Å². The summed E-state index contributed by atoms with van der Waals surface area (Å²) in [7, 11) is 0. The van der Waals surface area contributed by atoms with Crippen molar-refractivity contribution in [3.8, 4) is 16.4 Å². The third-order valence-corrected chi connectivity index (χ3v) is 5.80. The molecule has 7 heteroatoms. The predicted octanol–water partition coefficient (Wildman–Crippen LogP) is 4.96. The van der Waals surface area contributed by atoms with E-state index in [2.05, 4.69) is 15.3 Å². The first kappa shape index (κ1) is 17.9. The van der Waals surface area contributed by atoms with Crippen LogP contribution in [-0.2, 0) is 4.79 Å². The highest BCUT2D eigenvalue weighted by Gasteiger charge is 2.20. The summed E-state index contributed by atoms with van der Waals surface area (Å²) in [6, 6.07) is 6.26. The molecule has 1 aliphatic carbocycles. The van der Waals surface area contributed by atoms with Gasteiger partial charge >= 0.3 is 0 Å². The first-order valence-corrected chi connectivity index (χ1v) is 10.0. The van der Waals surface area contributed by atoms with E-state index in [0.29, 0.717) is 18.2 Å². The van der Waals surface area contributed by atoms with Gasteiger partial charge in [0.05, 0.1) is 11.9 Å². The van der Waals surface area contributed by atoms with Gasteiger partial charge in [-0.2, -0.15) is 0 Å².